The summed E-state index contributed by atoms with van der Waals surface area (Å²) in [7, 11) is 0. The predicted molar refractivity (Wildman–Crippen MR) is 147 cm³/mol. The van der Waals surface area contributed by atoms with Crippen LogP contribution in [0.25, 0.3) is 5.52 Å². The summed E-state index contributed by atoms with van der Waals surface area (Å²) < 4.78 is 1.69. The van der Waals surface area contributed by atoms with Crippen LogP contribution < -0.4 is 10.2 Å². The number of aromatic nitrogens is 2. The number of carbonyl (C=O) groups excluding carboxylic acids is 2. The molecule has 0 unspecified atom stereocenters. The molecular formula is C31H28N4O2. The van der Waals surface area contributed by atoms with Gasteiger partial charge in [0.05, 0.1) is 17.3 Å². The molecular weight excluding hydrogens is 460 g/mol. The number of carbonyl (C=O) groups is 2. The number of benzene rings is 3. The highest BCUT2D eigenvalue weighted by molar-refractivity contribution is 6.00. The van der Waals surface area contributed by atoms with E-state index < -0.39 is 0 Å². The highest BCUT2D eigenvalue weighted by atomic mass is 16.1. The first kappa shape index (κ1) is 24.0. The molecule has 2 aromatic heterocycles. The van der Waals surface area contributed by atoms with Gasteiger partial charge in [0.2, 0.25) is 0 Å². The van der Waals surface area contributed by atoms with Crippen LogP contribution in [-0.4, -0.2) is 34.4 Å². The van der Waals surface area contributed by atoms with Crippen LogP contribution in [0.5, 0.6) is 0 Å². The van der Waals surface area contributed by atoms with E-state index in [9.17, 15) is 9.59 Å². The summed E-state index contributed by atoms with van der Waals surface area (Å²) in [4.78, 5) is 27.8. The van der Waals surface area contributed by atoms with Crippen LogP contribution in [0.4, 0.5) is 11.4 Å². The molecule has 0 fully saturated rings. The van der Waals surface area contributed by atoms with Crippen LogP contribution >= 0.6 is 0 Å². The van der Waals surface area contributed by atoms with Gasteiger partial charge < -0.3 is 10.2 Å². The number of ketones is 1. The maximum atomic E-state index is 13.1. The Labute approximate surface area is 216 Å². The minimum Gasteiger partial charge on any atom is -0.350 e. The normalized spacial score (nSPS) is 10.8. The maximum absolute atomic E-state index is 13.1. The fourth-order valence-electron chi connectivity index (χ4n) is 4.38. The Balaban J connectivity index is 1.25. The fraction of sp³-hybridized carbons (Fsp3) is 0.129. The van der Waals surface area contributed by atoms with Crippen molar-refractivity contribution in [1.29, 1.82) is 0 Å². The number of hydrogen-bond donors (Lipinski definition) is 1. The first-order valence-corrected chi connectivity index (χ1v) is 12.4. The number of para-hydroxylation sites is 2. The molecule has 6 nitrogen and oxygen atoms in total. The third-order valence-electron chi connectivity index (χ3n) is 6.32. The van der Waals surface area contributed by atoms with Gasteiger partial charge >= 0.3 is 0 Å². The summed E-state index contributed by atoms with van der Waals surface area (Å²) in [5.74, 6) is -0.0677. The second-order valence-electron chi connectivity index (χ2n) is 8.79. The minimum absolute atomic E-state index is 0.105. The van der Waals surface area contributed by atoms with Crippen molar-refractivity contribution in [3.05, 3.63) is 132 Å². The summed E-state index contributed by atoms with van der Waals surface area (Å²) in [6.07, 6.45) is 4.43. The number of pyridine rings is 1. The number of fused-ring (bicyclic) bond motifs is 1. The predicted octanol–water partition coefficient (Wildman–Crippen LogP) is 5.72. The van der Waals surface area contributed by atoms with Crippen LogP contribution in [0.3, 0.4) is 0 Å². The average Bonchev–Trinajstić information content (AvgIpc) is 3.39. The number of hydrogen-bond acceptors (Lipinski definition) is 4. The first-order valence-electron chi connectivity index (χ1n) is 12.4. The van der Waals surface area contributed by atoms with Crippen molar-refractivity contribution >= 4 is 28.6 Å². The highest BCUT2D eigenvalue weighted by Gasteiger charge is 2.15. The van der Waals surface area contributed by atoms with Gasteiger partial charge in [0.1, 0.15) is 0 Å². The van der Waals surface area contributed by atoms with Gasteiger partial charge in [-0.2, -0.15) is 5.10 Å². The van der Waals surface area contributed by atoms with E-state index in [0.29, 0.717) is 37.1 Å². The molecule has 0 saturated heterocycles. The number of aryl methyl sites for hydroxylation is 1. The molecule has 3 aromatic carbocycles. The van der Waals surface area contributed by atoms with E-state index in [2.05, 4.69) is 39.6 Å². The molecule has 1 N–H and O–H groups in total. The van der Waals surface area contributed by atoms with Crippen LogP contribution in [-0.2, 0) is 6.42 Å². The number of nitrogens with zero attached hydrogens (tertiary/aromatic N) is 3. The van der Waals surface area contributed by atoms with Crippen molar-refractivity contribution in [1.82, 2.24) is 14.9 Å². The standard InChI is InChI=1S/C31H28N4O2/c36-30(25-10-4-1-5-11-25)17-16-24-18-20-35-29(22-24)28(23-33-35)31(37)32-19-21-34(26-12-6-2-7-13-26)27-14-8-3-9-15-27/h1-15,18,20,22-23H,16-17,19,21H2,(H,32,37). The Morgan fingerprint density at radius 2 is 1.43 bits per heavy atom. The lowest BCUT2D eigenvalue weighted by molar-refractivity contribution is 0.0954. The Bertz CT molecular complexity index is 1440. The molecule has 0 aliphatic heterocycles. The minimum atomic E-state index is -0.173. The molecule has 0 atom stereocenters. The van der Waals surface area contributed by atoms with Crippen molar-refractivity contribution < 1.29 is 9.59 Å². The topological polar surface area (TPSA) is 66.7 Å². The molecule has 0 bridgehead atoms. The molecule has 2 heterocycles. The van der Waals surface area contributed by atoms with Gasteiger partial charge in [-0.3, -0.25) is 9.59 Å². The summed E-state index contributed by atoms with van der Waals surface area (Å²) in [5, 5.41) is 7.39. The number of rotatable bonds is 10. The third kappa shape index (κ3) is 5.76. The highest BCUT2D eigenvalue weighted by Crippen LogP contribution is 2.24. The van der Waals surface area contributed by atoms with Crippen molar-refractivity contribution in [2.45, 2.75) is 12.8 Å². The van der Waals surface area contributed by atoms with E-state index in [1.807, 2.05) is 85.1 Å². The van der Waals surface area contributed by atoms with E-state index in [4.69, 9.17) is 0 Å². The fourth-order valence-corrected chi connectivity index (χ4v) is 4.38. The van der Waals surface area contributed by atoms with E-state index >= 15 is 0 Å². The van der Waals surface area contributed by atoms with Crippen molar-refractivity contribution in [3.8, 4) is 0 Å². The Morgan fingerprint density at radius 1 is 0.811 bits per heavy atom. The molecule has 5 aromatic rings. The van der Waals surface area contributed by atoms with Gasteiger partial charge in [-0.15, -0.1) is 0 Å². The van der Waals surface area contributed by atoms with E-state index in [0.717, 1.165) is 22.5 Å². The first-order chi connectivity index (χ1) is 18.2. The summed E-state index contributed by atoms with van der Waals surface area (Å²) in [6.45, 7) is 1.08. The van der Waals surface area contributed by atoms with Crippen molar-refractivity contribution in [2.24, 2.45) is 0 Å². The molecule has 184 valence electrons. The molecule has 1 amide bonds. The Kier molecular flexibility index (Phi) is 7.36. The van der Waals surface area contributed by atoms with Crippen molar-refractivity contribution in [3.63, 3.8) is 0 Å². The molecule has 0 saturated carbocycles. The lowest BCUT2D eigenvalue weighted by Gasteiger charge is -2.25. The second-order valence-corrected chi connectivity index (χ2v) is 8.79. The zero-order chi connectivity index (χ0) is 25.5. The zero-order valence-corrected chi connectivity index (χ0v) is 20.5. The molecule has 0 radical (unpaired) electrons. The molecule has 5 rings (SSSR count). The number of anilines is 2. The van der Waals surface area contributed by atoms with E-state index in [1.165, 1.54) is 0 Å². The SMILES string of the molecule is O=C(CCc1ccn2ncc(C(=O)NCCN(c3ccccc3)c3ccccc3)c2c1)c1ccccc1. The quantitative estimate of drug-likeness (QED) is 0.256. The summed E-state index contributed by atoms with van der Waals surface area (Å²) >= 11 is 0. The van der Waals surface area contributed by atoms with Gasteiger partial charge in [0.15, 0.2) is 5.78 Å². The molecule has 0 aliphatic rings. The van der Waals surface area contributed by atoms with Gasteiger partial charge in [-0.05, 0) is 48.4 Å². The number of amides is 1. The zero-order valence-electron chi connectivity index (χ0n) is 20.5. The Morgan fingerprint density at radius 3 is 2.08 bits per heavy atom. The third-order valence-corrected chi connectivity index (χ3v) is 6.32. The van der Waals surface area contributed by atoms with Gasteiger partial charge in [-0.25, -0.2) is 4.52 Å². The maximum Gasteiger partial charge on any atom is 0.255 e. The second kappa shape index (κ2) is 11.4. The lowest BCUT2D eigenvalue weighted by Crippen LogP contribution is -2.32. The largest absolute Gasteiger partial charge is 0.350 e. The van der Waals surface area contributed by atoms with Gasteiger partial charge in [0, 0.05) is 42.6 Å². The van der Waals surface area contributed by atoms with E-state index in [1.54, 1.807) is 10.7 Å². The molecule has 37 heavy (non-hydrogen) atoms. The van der Waals surface area contributed by atoms with Crippen LogP contribution in [0.1, 0.15) is 32.7 Å². The van der Waals surface area contributed by atoms with Crippen molar-refractivity contribution in [2.75, 3.05) is 18.0 Å². The number of Topliss-reactive ketones (excluding diaryl/α,β-unsaturated/α-hetero) is 1. The number of nitrogens with one attached hydrogen (secondary N) is 1. The smallest absolute Gasteiger partial charge is 0.255 e. The average molecular weight is 489 g/mol. The molecule has 0 spiro atoms. The summed E-state index contributed by atoms with van der Waals surface area (Å²) in [6, 6.07) is 33.5. The van der Waals surface area contributed by atoms with E-state index in [-0.39, 0.29) is 11.7 Å². The van der Waals surface area contributed by atoms with Crippen LogP contribution in [0.15, 0.2) is 116 Å². The van der Waals surface area contributed by atoms with Gasteiger partial charge in [-0.1, -0.05) is 66.7 Å². The monoisotopic (exact) mass is 488 g/mol. The van der Waals surface area contributed by atoms with Gasteiger partial charge in [0.25, 0.3) is 5.91 Å². The van der Waals surface area contributed by atoms with Crippen LogP contribution in [0, 0.1) is 0 Å². The van der Waals surface area contributed by atoms with Crippen LogP contribution in [0.2, 0.25) is 0 Å². The summed E-state index contributed by atoms with van der Waals surface area (Å²) in [5.41, 5.74) is 5.08. The lowest BCUT2D eigenvalue weighted by atomic mass is 10.0. The Hall–Kier alpha value is -4.71. The molecule has 0 aliphatic carbocycles. The molecule has 6 heteroatoms.